The molecule has 1 aliphatic heterocycles. The number of anilines is 3. The minimum absolute atomic E-state index is 0.127. The highest BCUT2D eigenvalue weighted by Crippen LogP contribution is 2.31. The zero-order valence-electron chi connectivity index (χ0n) is 18.0. The first-order valence-corrected chi connectivity index (χ1v) is 10.6. The highest BCUT2D eigenvalue weighted by atomic mass is 16.5. The van der Waals surface area contributed by atoms with Crippen molar-refractivity contribution in [1.82, 2.24) is 19.7 Å². The van der Waals surface area contributed by atoms with E-state index in [0.717, 1.165) is 53.0 Å². The Labute approximate surface area is 181 Å². The molecule has 1 N–H and O–H groups in total. The molecule has 0 saturated carbocycles. The van der Waals surface area contributed by atoms with Gasteiger partial charge in [-0.3, -0.25) is 0 Å². The van der Waals surface area contributed by atoms with Gasteiger partial charge in [-0.2, -0.15) is 5.10 Å². The van der Waals surface area contributed by atoms with Gasteiger partial charge in [-0.1, -0.05) is 30.3 Å². The van der Waals surface area contributed by atoms with Crippen molar-refractivity contribution in [3.05, 3.63) is 66.4 Å². The van der Waals surface area contributed by atoms with Gasteiger partial charge in [0.25, 0.3) is 0 Å². The van der Waals surface area contributed by atoms with Gasteiger partial charge in [0.1, 0.15) is 5.82 Å². The van der Waals surface area contributed by atoms with E-state index < -0.39 is 0 Å². The molecule has 0 radical (unpaired) electrons. The number of hydrogen-bond acceptors (Lipinski definition) is 6. The summed E-state index contributed by atoms with van der Waals surface area (Å²) in [4.78, 5) is 12.2. The summed E-state index contributed by atoms with van der Waals surface area (Å²) in [5.41, 5.74) is 3.64. The molecule has 0 bridgehead atoms. The van der Waals surface area contributed by atoms with Crippen LogP contribution in [0.3, 0.4) is 0 Å². The maximum absolute atomic E-state index is 5.94. The predicted octanol–water partition coefficient (Wildman–Crippen LogP) is 4.48. The van der Waals surface area contributed by atoms with Crippen molar-refractivity contribution in [3.8, 4) is 5.69 Å². The van der Waals surface area contributed by atoms with Gasteiger partial charge >= 0.3 is 0 Å². The summed E-state index contributed by atoms with van der Waals surface area (Å²) in [6, 6.07) is 20.1. The van der Waals surface area contributed by atoms with Crippen LogP contribution in [0.25, 0.3) is 16.7 Å². The van der Waals surface area contributed by atoms with Gasteiger partial charge in [-0.15, -0.1) is 0 Å². The standard InChI is InChI=1S/C24H26N6O/c1-16-13-22(30(28-16)19-9-5-4-6-10-19)27-23-24(29-14-17(2)31-18(3)15-29)26-21-12-8-7-11-20(21)25-23/h4-13,17-18H,14-15H2,1-3H3,(H,25,27)/t17-,18-/m1/s1. The van der Waals surface area contributed by atoms with E-state index in [1.165, 1.54) is 0 Å². The van der Waals surface area contributed by atoms with Crippen LogP contribution < -0.4 is 10.2 Å². The lowest BCUT2D eigenvalue weighted by Gasteiger charge is -2.36. The zero-order valence-corrected chi connectivity index (χ0v) is 18.0. The molecule has 1 saturated heterocycles. The first-order valence-electron chi connectivity index (χ1n) is 10.6. The van der Waals surface area contributed by atoms with Crippen molar-refractivity contribution in [2.45, 2.75) is 33.0 Å². The molecule has 158 valence electrons. The molecule has 31 heavy (non-hydrogen) atoms. The Balaban J connectivity index is 1.60. The molecule has 0 spiro atoms. The largest absolute Gasteiger partial charge is 0.372 e. The average molecular weight is 415 g/mol. The van der Waals surface area contributed by atoms with Crippen LogP contribution in [0.2, 0.25) is 0 Å². The Morgan fingerprint density at radius 1 is 0.903 bits per heavy atom. The first-order chi connectivity index (χ1) is 15.1. The molecule has 7 heteroatoms. The molecule has 0 aliphatic carbocycles. The molecule has 0 amide bonds. The van der Waals surface area contributed by atoms with E-state index in [0.29, 0.717) is 0 Å². The molecule has 5 rings (SSSR count). The van der Waals surface area contributed by atoms with Crippen molar-refractivity contribution in [1.29, 1.82) is 0 Å². The third kappa shape index (κ3) is 3.96. The van der Waals surface area contributed by atoms with Gasteiger partial charge in [0.05, 0.1) is 34.6 Å². The lowest BCUT2D eigenvalue weighted by molar-refractivity contribution is -0.00540. The summed E-state index contributed by atoms with van der Waals surface area (Å²) >= 11 is 0. The fourth-order valence-electron chi connectivity index (χ4n) is 4.12. The van der Waals surface area contributed by atoms with E-state index in [1.807, 2.05) is 72.3 Å². The van der Waals surface area contributed by atoms with Gasteiger partial charge in [0, 0.05) is 19.2 Å². The van der Waals surface area contributed by atoms with Crippen LogP contribution in [0, 0.1) is 6.92 Å². The van der Waals surface area contributed by atoms with Crippen LogP contribution in [0.5, 0.6) is 0 Å². The molecule has 2 atom stereocenters. The van der Waals surface area contributed by atoms with Crippen LogP contribution >= 0.6 is 0 Å². The van der Waals surface area contributed by atoms with Crippen LogP contribution in [0.15, 0.2) is 60.7 Å². The van der Waals surface area contributed by atoms with Crippen LogP contribution in [-0.4, -0.2) is 45.0 Å². The van der Waals surface area contributed by atoms with E-state index in [4.69, 9.17) is 14.7 Å². The van der Waals surface area contributed by atoms with Crippen LogP contribution in [0.1, 0.15) is 19.5 Å². The topological polar surface area (TPSA) is 68.1 Å². The number of morpholine rings is 1. The summed E-state index contributed by atoms with van der Waals surface area (Å²) in [5.74, 6) is 2.40. The van der Waals surface area contributed by atoms with Gasteiger partial charge in [-0.25, -0.2) is 14.6 Å². The van der Waals surface area contributed by atoms with E-state index in [1.54, 1.807) is 0 Å². The lowest BCUT2D eigenvalue weighted by atomic mass is 10.2. The second kappa shape index (κ2) is 8.00. The molecule has 4 aromatic rings. The molecular weight excluding hydrogens is 388 g/mol. The Morgan fingerprint density at radius 3 is 2.26 bits per heavy atom. The van der Waals surface area contributed by atoms with E-state index in [9.17, 15) is 0 Å². The third-order valence-corrected chi connectivity index (χ3v) is 5.35. The number of aromatic nitrogens is 4. The Morgan fingerprint density at radius 2 is 1.55 bits per heavy atom. The number of rotatable bonds is 4. The van der Waals surface area contributed by atoms with Gasteiger partial charge in [0.15, 0.2) is 11.6 Å². The Hall–Kier alpha value is -3.45. The Bertz CT molecular complexity index is 1200. The molecule has 3 heterocycles. The normalized spacial score (nSPS) is 19.0. The number of aryl methyl sites for hydroxylation is 1. The molecule has 2 aromatic carbocycles. The SMILES string of the molecule is Cc1cc(Nc2nc3ccccc3nc2N2C[C@@H](C)O[C@H](C)C2)n(-c2ccccc2)n1. The maximum Gasteiger partial charge on any atom is 0.175 e. The van der Waals surface area contributed by atoms with Crippen molar-refractivity contribution in [3.63, 3.8) is 0 Å². The maximum atomic E-state index is 5.94. The minimum atomic E-state index is 0.127. The van der Waals surface area contributed by atoms with Crippen molar-refractivity contribution >= 4 is 28.5 Å². The van der Waals surface area contributed by atoms with E-state index >= 15 is 0 Å². The summed E-state index contributed by atoms with van der Waals surface area (Å²) < 4.78 is 7.84. The van der Waals surface area contributed by atoms with Gasteiger partial charge in [0.2, 0.25) is 0 Å². The van der Waals surface area contributed by atoms with Gasteiger partial charge in [-0.05, 0) is 45.0 Å². The monoisotopic (exact) mass is 414 g/mol. The van der Waals surface area contributed by atoms with Crippen molar-refractivity contribution in [2.75, 3.05) is 23.3 Å². The highest BCUT2D eigenvalue weighted by molar-refractivity contribution is 5.82. The number of benzene rings is 2. The predicted molar refractivity (Wildman–Crippen MR) is 123 cm³/mol. The molecule has 7 nitrogen and oxygen atoms in total. The number of ether oxygens (including phenoxy) is 1. The van der Waals surface area contributed by atoms with Crippen molar-refractivity contribution < 1.29 is 4.74 Å². The van der Waals surface area contributed by atoms with Crippen molar-refractivity contribution in [2.24, 2.45) is 0 Å². The summed E-state index contributed by atoms with van der Waals surface area (Å²) in [6.07, 6.45) is 0.254. The second-order valence-corrected chi connectivity index (χ2v) is 8.09. The molecular formula is C24H26N6O. The van der Waals surface area contributed by atoms with E-state index in [-0.39, 0.29) is 12.2 Å². The quantitative estimate of drug-likeness (QED) is 0.531. The zero-order chi connectivity index (χ0) is 21.4. The van der Waals surface area contributed by atoms with Crippen LogP contribution in [0.4, 0.5) is 17.5 Å². The average Bonchev–Trinajstić information content (AvgIpc) is 3.13. The first kappa shape index (κ1) is 19.5. The Kier molecular flexibility index (Phi) is 5.03. The lowest BCUT2D eigenvalue weighted by Crippen LogP contribution is -2.46. The number of fused-ring (bicyclic) bond motifs is 1. The molecule has 0 unspecified atom stereocenters. The highest BCUT2D eigenvalue weighted by Gasteiger charge is 2.26. The summed E-state index contributed by atoms with van der Waals surface area (Å²) in [6.45, 7) is 7.71. The van der Waals surface area contributed by atoms with Gasteiger partial charge < -0.3 is 15.0 Å². The fraction of sp³-hybridized carbons (Fsp3) is 0.292. The molecule has 1 fully saturated rings. The number of hydrogen-bond donors (Lipinski definition) is 1. The second-order valence-electron chi connectivity index (χ2n) is 8.09. The van der Waals surface area contributed by atoms with E-state index in [2.05, 4.69) is 29.2 Å². The molecule has 1 aliphatic rings. The number of para-hydroxylation sites is 3. The number of nitrogens with zero attached hydrogens (tertiary/aromatic N) is 5. The van der Waals surface area contributed by atoms with Crippen LogP contribution in [-0.2, 0) is 4.74 Å². The number of nitrogens with one attached hydrogen (secondary N) is 1. The smallest absolute Gasteiger partial charge is 0.175 e. The molecule has 2 aromatic heterocycles. The third-order valence-electron chi connectivity index (χ3n) is 5.35. The summed E-state index contributed by atoms with van der Waals surface area (Å²) in [5, 5.41) is 8.20. The summed E-state index contributed by atoms with van der Waals surface area (Å²) in [7, 11) is 0. The minimum Gasteiger partial charge on any atom is -0.372 e. The fourth-order valence-corrected chi connectivity index (χ4v) is 4.12.